The number of hydrogen-bond acceptors (Lipinski definition) is 7. The molecule has 12 heteroatoms. The third-order valence-corrected chi connectivity index (χ3v) is 7.54. The summed E-state index contributed by atoms with van der Waals surface area (Å²) in [5, 5.41) is 5.31. The van der Waals surface area contributed by atoms with Crippen molar-refractivity contribution >= 4 is 28.7 Å². The van der Waals surface area contributed by atoms with E-state index in [1.54, 1.807) is 33.4 Å². The molecule has 1 aliphatic heterocycles. The molecule has 2 saturated carbocycles. The third-order valence-electron chi connectivity index (χ3n) is 6.70. The predicted octanol–water partition coefficient (Wildman–Crippen LogP) is 4.51. The molecule has 9 nitrogen and oxygen atoms in total. The summed E-state index contributed by atoms with van der Waals surface area (Å²) in [5.41, 5.74) is 2.27. The van der Waals surface area contributed by atoms with Crippen LogP contribution in [-0.4, -0.2) is 54.0 Å². The van der Waals surface area contributed by atoms with Crippen molar-refractivity contribution in [1.29, 1.82) is 0 Å². The first-order valence-electron chi connectivity index (χ1n) is 11.9. The SMILES string of the molecule is O=C(Nc1csc(-c2nccn2C2CC2)n1)c1cc(-n2cnc(C3CC3)c2)c(N2CC(F)(F)C2)cn1. The number of nitrogens with zero attached hydrogens (tertiary/aromatic N) is 7. The van der Waals surface area contributed by atoms with Gasteiger partial charge in [0.2, 0.25) is 0 Å². The molecule has 0 aromatic carbocycles. The van der Waals surface area contributed by atoms with E-state index in [0.29, 0.717) is 29.2 Å². The van der Waals surface area contributed by atoms with Crippen LogP contribution in [0.25, 0.3) is 16.5 Å². The van der Waals surface area contributed by atoms with E-state index in [0.717, 1.165) is 42.2 Å². The topological polar surface area (TPSA) is 93.8 Å². The van der Waals surface area contributed by atoms with E-state index in [4.69, 9.17) is 0 Å². The fourth-order valence-corrected chi connectivity index (χ4v) is 5.24. The molecule has 0 atom stereocenters. The second kappa shape index (κ2) is 7.92. The van der Waals surface area contributed by atoms with Crippen LogP contribution in [0.4, 0.5) is 20.3 Å². The van der Waals surface area contributed by atoms with E-state index in [1.807, 2.05) is 12.4 Å². The van der Waals surface area contributed by atoms with Crippen molar-refractivity contribution in [2.75, 3.05) is 23.3 Å². The summed E-state index contributed by atoms with van der Waals surface area (Å²) >= 11 is 1.41. The van der Waals surface area contributed by atoms with Crippen molar-refractivity contribution in [2.45, 2.75) is 43.6 Å². The average Bonchev–Trinajstić information content (AvgIpc) is 3.72. The fraction of sp³-hybridized carbons (Fsp3) is 0.375. The molecule has 7 rings (SSSR count). The van der Waals surface area contributed by atoms with E-state index in [9.17, 15) is 13.6 Å². The number of halogens is 2. The Morgan fingerprint density at radius 1 is 1.11 bits per heavy atom. The maximum atomic E-state index is 13.6. The Morgan fingerprint density at radius 2 is 1.94 bits per heavy atom. The molecule has 4 aromatic rings. The standard InChI is InChI=1S/C24H22F2N8OS/c25-24(26)11-33(12-24)19-8-28-16(7-18(19)32-9-17(29-13-32)14-1-2-14)22(35)30-20-10-36-23(31-20)21-27-5-6-34(21)15-3-4-15/h5-10,13-15H,1-4,11-12H2,(H,30,35). The number of rotatable bonds is 7. The molecular weight excluding hydrogens is 486 g/mol. The van der Waals surface area contributed by atoms with Crippen molar-refractivity contribution in [3.05, 3.63) is 53.9 Å². The Balaban J connectivity index is 1.15. The van der Waals surface area contributed by atoms with Gasteiger partial charge in [0, 0.05) is 35.9 Å². The van der Waals surface area contributed by atoms with Crippen molar-refractivity contribution in [2.24, 2.45) is 0 Å². The van der Waals surface area contributed by atoms with Gasteiger partial charge >= 0.3 is 0 Å². The molecule has 1 N–H and O–H groups in total. The van der Waals surface area contributed by atoms with Crippen LogP contribution < -0.4 is 10.2 Å². The number of alkyl halides is 2. The molecule has 0 unspecified atom stereocenters. The van der Waals surface area contributed by atoms with Crippen LogP contribution in [0.5, 0.6) is 0 Å². The van der Waals surface area contributed by atoms with Gasteiger partial charge in [0.1, 0.15) is 11.5 Å². The zero-order valence-electron chi connectivity index (χ0n) is 19.1. The number of anilines is 2. The summed E-state index contributed by atoms with van der Waals surface area (Å²) in [4.78, 5) is 32.4. The monoisotopic (exact) mass is 508 g/mol. The van der Waals surface area contributed by atoms with E-state index >= 15 is 0 Å². The van der Waals surface area contributed by atoms with Crippen molar-refractivity contribution in [3.8, 4) is 16.5 Å². The zero-order chi connectivity index (χ0) is 24.4. The van der Waals surface area contributed by atoms with Crippen molar-refractivity contribution < 1.29 is 13.6 Å². The zero-order valence-corrected chi connectivity index (χ0v) is 20.0. The highest BCUT2D eigenvalue weighted by molar-refractivity contribution is 7.13. The minimum Gasteiger partial charge on any atom is -0.356 e. The molecule has 3 fully saturated rings. The average molecular weight is 509 g/mol. The molecule has 3 aliphatic rings. The van der Waals surface area contributed by atoms with Gasteiger partial charge in [-0.05, 0) is 31.7 Å². The molecule has 0 spiro atoms. The van der Waals surface area contributed by atoms with Crippen LogP contribution in [0.3, 0.4) is 0 Å². The van der Waals surface area contributed by atoms with Gasteiger partial charge in [-0.15, -0.1) is 11.3 Å². The number of nitrogens with one attached hydrogen (secondary N) is 1. The number of carbonyl (C=O) groups is 1. The third kappa shape index (κ3) is 3.94. The number of thiazole rings is 1. The van der Waals surface area contributed by atoms with Gasteiger partial charge in [-0.3, -0.25) is 4.79 Å². The van der Waals surface area contributed by atoms with Crippen LogP contribution in [-0.2, 0) is 0 Å². The predicted molar refractivity (Wildman–Crippen MR) is 130 cm³/mol. The lowest BCUT2D eigenvalue weighted by Crippen LogP contribution is -2.56. The quantitative estimate of drug-likeness (QED) is 0.395. The Kier molecular flexibility index (Phi) is 4.75. The molecule has 36 heavy (non-hydrogen) atoms. The van der Waals surface area contributed by atoms with Crippen LogP contribution in [0, 0.1) is 0 Å². The van der Waals surface area contributed by atoms with E-state index in [-0.39, 0.29) is 18.8 Å². The van der Waals surface area contributed by atoms with Gasteiger partial charge in [-0.25, -0.2) is 28.7 Å². The second-order valence-electron chi connectivity index (χ2n) is 9.63. The van der Waals surface area contributed by atoms with Gasteiger partial charge in [-0.1, -0.05) is 0 Å². The Bertz CT molecular complexity index is 1460. The molecule has 0 radical (unpaired) electrons. The highest BCUT2D eigenvalue weighted by Gasteiger charge is 2.45. The van der Waals surface area contributed by atoms with E-state index < -0.39 is 11.8 Å². The molecule has 1 saturated heterocycles. The minimum absolute atomic E-state index is 0.164. The Morgan fingerprint density at radius 3 is 2.69 bits per heavy atom. The van der Waals surface area contributed by atoms with Gasteiger partial charge < -0.3 is 19.4 Å². The highest BCUT2D eigenvalue weighted by Crippen LogP contribution is 2.41. The maximum absolute atomic E-state index is 13.6. The summed E-state index contributed by atoms with van der Waals surface area (Å²) < 4.78 is 31.1. The molecule has 1 amide bonds. The van der Waals surface area contributed by atoms with Gasteiger partial charge in [0.25, 0.3) is 11.8 Å². The minimum atomic E-state index is -2.72. The summed E-state index contributed by atoms with van der Waals surface area (Å²) in [5.74, 6) is -1.49. The number of aromatic nitrogens is 6. The summed E-state index contributed by atoms with van der Waals surface area (Å²) in [7, 11) is 0. The van der Waals surface area contributed by atoms with Gasteiger partial charge in [0.15, 0.2) is 10.8 Å². The van der Waals surface area contributed by atoms with Gasteiger partial charge in [-0.2, -0.15) is 0 Å². The first-order chi connectivity index (χ1) is 17.4. The smallest absolute Gasteiger partial charge is 0.282 e. The first-order valence-corrected chi connectivity index (χ1v) is 12.8. The fourth-order valence-electron chi connectivity index (χ4n) is 4.49. The lowest BCUT2D eigenvalue weighted by Gasteiger charge is -2.41. The van der Waals surface area contributed by atoms with Crippen LogP contribution >= 0.6 is 11.3 Å². The van der Waals surface area contributed by atoms with Crippen LogP contribution in [0.1, 0.15) is 53.8 Å². The number of carbonyl (C=O) groups excluding carboxylic acids is 1. The lowest BCUT2D eigenvalue weighted by atomic mass is 10.1. The number of amides is 1. The van der Waals surface area contributed by atoms with Crippen molar-refractivity contribution in [3.63, 3.8) is 0 Å². The molecule has 4 aromatic heterocycles. The normalized spacial score (nSPS) is 18.8. The first kappa shape index (κ1) is 21.6. The molecular formula is C24H22F2N8OS. The number of pyridine rings is 1. The Labute approximate surface area is 208 Å². The molecule has 0 bridgehead atoms. The van der Waals surface area contributed by atoms with Crippen LogP contribution in [0.15, 0.2) is 42.6 Å². The summed E-state index contributed by atoms with van der Waals surface area (Å²) in [6, 6.07) is 2.09. The van der Waals surface area contributed by atoms with E-state index in [1.165, 1.54) is 17.5 Å². The lowest BCUT2D eigenvalue weighted by molar-refractivity contribution is -0.0262. The maximum Gasteiger partial charge on any atom is 0.282 e. The highest BCUT2D eigenvalue weighted by atomic mass is 32.1. The largest absolute Gasteiger partial charge is 0.356 e. The second-order valence-corrected chi connectivity index (χ2v) is 10.5. The number of imidazole rings is 2. The van der Waals surface area contributed by atoms with Crippen LogP contribution in [0.2, 0.25) is 0 Å². The number of hydrogen-bond donors (Lipinski definition) is 1. The molecule has 5 heterocycles. The summed E-state index contributed by atoms with van der Waals surface area (Å²) in [6.07, 6.45) is 13.2. The van der Waals surface area contributed by atoms with Crippen molar-refractivity contribution in [1.82, 2.24) is 29.1 Å². The van der Waals surface area contributed by atoms with E-state index in [2.05, 4.69) is 29.8 Å². The Hall–Kier alpha value is -3.67. The summed E-state index contributed by atoms with van der Waals surface area (Å²) in [6.45, 7) is -0.759. The molecule has 2 aliphatic carbocycles. The van der Waals surface area contributed by atoms with Gasteiger partial charge in [0.05, 0.1) is 42.7 Å². The molecule has 184 valence electrons.